The van der Waals surface area contributed by atoms with Crippen LogP contribution in [0, 0.1) is 5.92 Å². The summed E-state index contributed by atoms with van der Waals surface area (Å²) in [7, 11) is 0. The molecule has 1 atom stereocenters. The summed E-state index contributed by atoms with van der Waals surface area (Å²) in [5, 5.41) is 16.5. The first kappa shape index (κ1) is 11.1. The Labute approximate surface area is 93.2 Å². The molecule has 0 spiro atoms. The van der Waals surface area contributed by atoms with E-state index in [0.29, 0.717) is 24.6 Å². The van der Waals surface area contributed by atoms with Gasteiger partial charge in [-0.25, -0.2) is 9.48 Å². The van der Waals surface area contributed by atoms with Crippen molar-refractivity contribution < 1.29 is 14.6 Å². The highest BCUT2D eigenvalue weighted by molar-refractivity contribution is 5.86. The number of rotatable bonds is 4. The minimum atomic E-state index is -1.01. The lowest BCUT2D eigenvalue weighted by Crippen LogP contribution is -2.15. The molecule has 16 heavy (non-hydrogen) atoms. The van der Waals surface area contributed by atoms with Gasteiger partial charge in [-0.15, -0.1) is 5.10 Å². The van der Waals surface area contributed by atoms with E-state index in [1.165, 1.54) is 0 Å². The van der Waals surface area contributed by atoms with E-state index in [1.807, 2.05) is 6.92 Å². The molecule has 6 heteroatoms. The molecular weight excluding hydrogens is 210 g/mol. The van der Waals surface area contributed by atoms with Gasteiger partial charge in [0.05, 0.1) is 12.3 Å². The smallest absolute Gasteiger partial charge is 0.358 e. The molecule has 0 saturated carbocycles. The highest BCUT2D eigenvalue weighted by Gasteiger charge is 2.21. The fourth-order valence-corrected chi connectivity index (χ4v) is 1.97. The number of carboxylic acid groups (broad SMARTS) is 1. The molecule has 2 rings (SSSR count). The molecule has 1 aliphatic heterocycles. The van der Waals surface area contributed by atoms with Crippen molar-refractivity contribution in [3.63, 3.8) is 0 Å². The van der Waals surface area contributed by atoms with Crippen LogP contribution in [-0.2, 0) is 17.7 Å². The number of carboxylic acids is 1. The molecule has 1 aromatic heterocycles. The third-order valence-electron chi connectivity index (χ3n) is 2.83. The van der Waals surface area contributed by atoms with Crippen molar-refractivity contribution in [3.8, 4) is 0 Å². The predicted octanol–water partition coefficient (Wildman–Crippen LogP) is 0.575. The van der Waals surface area contributed by atoms with Crippen LogP contribution >= 0.6 is 0 Å². The van der Waals surface area contributed by atoms with Gasteiger partial charge in [-0.05, 0) is 12.8 Å². The molecule has 1 saturated heterocycles. The molecule has 0 aliphatic carbocycles. The van der Waals surface area contributed by atoms with E-state index in [9.17, 15) is 4.79 Å². The summed E-state index contributed by atoms with van der Waals surface area (Å²) in [6.45, 7) is 4.12. The van der Waals surface area contributed by atoms with Gasteiger partial charge >= 0.3 is 5.97 Å². The number of aromatic nitrogens is 3. The fourth-order valence-electron chi connectivity index (χ4n) is 1.97. The van der Waals surface area contributed by atoms with Crippen LogP contribution in [0.25, 0.3) is 0 Å². The number of carbonyl (C=O) groups is 1. The Bertz CT molecular complexity index is 383. The Hall–Kier alpha value is -1.43. The van der Waals surface area contributed by atoms with E-state index in [4.69, 9.17) is 9.84 Å². The standard InChI is InChI=1S/C10H15N3O3/c1-2-8-9(10(14)15)11-12-13(8)5-7-3-4-16-6-7/h7H,2-6H2,1H3,(H,14,15). The SMILES string of the molecule is CCc1c(C(=O)O)nnn1CC1CCOC1. The van der Waals surface area contributed by atoms with Gasteiger partial charge in [-0.2, -0.15) is 0 Å². The third kappa shape index (κ3) is 2.06. The quantitative estimate of drug-likeness (QED) is 0.810. The highest BCUT2D eigenvalue weighted by Crippen LogP contribution is 2.16. The van der Waals surface area contributed by atoms with Crippen LogP contribution in [0.2, 0.25) is 0 Å². The molecule has 0 bridgehead atoms. The zero-order chi connectivity index (χ0) is 11.5. The molecule has 88 valence electrons. The van der Waals surface area contributed by atoms with Crippen molar-refractivity contribution in [1.82, 2.24) is 15.0 Å². The Morgan fingerprint density at radius 3 is 3.06 bits per heavy atom. The molecular formula is C10H15N3O3. The summed E-state index contributed by atoms with van der Waals surface area (Å²) in [6.07, 6.45) is 1.63. The van der Waals surface area contributed by atoms with Gasteiger partial charge in [0.25, 0.3) is 0 Å². The highest BCUT2D eigenvalue weighted by atomic mass is 16.5. The van der Waals surface area contributed by atoms with E-state index >= 15 is 0 Å². The molecule has 0 aromatic carbocycles. The van der Waals surface area contributed by atoms with Gasteiger partial charge in [0.2, 0.25) is 0 Å². The number of hydrogen-bond acceptors (Lipinski definition) is 4. The minimum Gasteiger partial charge on any atom is -0.476 e. The van der Waals surface area contributed by atoms with Gasteiger partial charge in [0.15, 0.2) is 5.69 Å². The lowest BCUT2D eigenvalue weighted by Gasteiger charge is -2.09. The number of hydrogen-bond donors (Lipinski definition) is 1. The average molecular weight is 225 g/mol. The van der Waals surface area contributed by atoms with Crippen LogP contribution in [-0.4, -0.2) is 39.3 Å². The van der Waals surface area contributed by atoms with Crippen LogP contribution in [0.5, 0.6) is 0 Å². The van der Waals surface area contributed by atoms with Crippen molar-refractivity contribution in [2.75, 3.05) is 13.2 Å². The Morgan fingerprint density at radius 2 is 2.50 bits per heavy atom. The van der Waals surface area contributed by atoms with Crippen molar-refractivity contribution in [2.45, 2.75) is 26.3 Å². The topological polar surface area (TPSA) is 77.2 Å². The molecule has 0 radical (unpaired) electrons. The van der Waals surface area contributed by atoms with Crippen LogP contribution in [0.3, 0.4) is 0 Å². The van der Waals surface area contributed by atoms with Crippen molar-refractivity contribution in [3.05, 3.63) is 11.4 Å². The Kier molecular flexibility index (Phi) is 3.19. The van der Waals surface area contributed by atoms with E-state index in [1.54, 1.807) is 4.68 Å². The Morgan fingerprint density at radius 1 is 1.69 bits per heavy atom. The van der Waals surface area contributed by atoms with E-state index in [0.717, 1.165) is 19.6 Å². The largest absolute Gasteiger partial charge is 0.476 e. The first-order valence-corrected chi connectivity index (χ1v) is 5.45. The van der Waals surface area contributed by atoms with E-state index in [-0.39, 0.29) is 5.69 Å². The molecule has 0 amide bonds. The normalized spacial score (nSPS) is 20.2. The van der Waals surface area contributed by atoms with Crippen LogP contribution in [0.4, 0.5) is 0 Å². The maximum absolute atomic E-state index is 10.9. The second kappa shape index (κ2) is 4.61. The monoisotopic (exact) mass is 225 g/mol. The van der Waals surface area contributed by atoms with Crippen LogP contribution in [0.15, 0.2) is 0 Å². The maximum atomic E-state index is 10.9. The minimum absolute atomic E-state index is 0.0708. The average Bonchev–Trinajstić information content (AvgIpc) is 2.87. The maximum Gasteiger partial charge on any atom is 0.358 e. The molecule has 1 aromatic rings. The zero-order valence-corrected chi connectivity index (χ0v) is 9.22. The van der Waals surface area contributed by atoms with Gasteiger partial charge < -0.3 is 9.84 Å². The molecule has 1 aliphatic rings. The molecule has 1 fully saturated rings. The summed E-state index contributed by atoms with van der Waals surface area (Å²) >= 11 is 0. The summed E-state index contributed by atoms with van der Waals surface area (Å²) in [5.74, 6) is -0.584. The van der Waals surface area contributed by atoms with Crippen LogP contribution in [0.1, 0.15) is 29.5 Å². The third-order valence-corrected chi connectivity index (χ3v) is 2.83. The molecule has 1 N–H and O–H groups in total. The first-order chi connectivity index (χ1) is 7.72. The predicted molar refractivity (Wildman–Crippen MR) is 55.3 cm³/mol. The summed E-state index contributed by atoms with van der Waals surface area (Å²) in [5.41, 5.74) is 0.765. The Balaban J connectivity index is 2.16. The summed E-state index contributed by atoms with van der Waals surface area (Å²) < 4.78 is 6.98. The zero-order valence-electron chi connectivity index (χ0n) is 9.22. The first-order valence-electron chi connectivity index (χ1n) is 5.45. The van der Waals surface area contributed by atoms with Gasteiger partial charge in [0.1, 0.15) is 0 Å². The van der Waals surface area contributed by atoms with E-state index in [2.05, 4.69) is 10.3 Å². The van der Waals surface area contributed by atoms with Gasteiger partial charge in [-0.3, -0.25) is 0 Å². The van der Waals surface area contributed by atoms with Gasteiger partial charge in [0, 0.05) is 19.1 Å². The second-order valence-electron chi connectivity index (χ2n) is 3.96. The molecule has 2 heterocycles. The number of aromatic carboxylic acids is 1. The summed E-state index contributed by atoms with van der Waals surface area (Å²) in [6, 6.07) is 0. The van der Waals surface area contributed by atoms with E-state index < -0.39 is 5.97 Å². The lowest BCUT2D eigenvalue weighted by atomic mass is 10.1. The second-order valence-corrected chi connectivity index (χ2v) is 3.96. The number of nitrogens with zero attached hydrogens (tertiary/aromatic N) is 3. The lowest BCUT2D eigenvalue weighted by molar-refractivity contribution is 0.0689. The van der Waals surface area contributed by atoms with Crippen molar-refractivity contribution in [1.29, 1.82) is 0 Å². The molecule has 6 nitrogen and oxygen atoms in total. The van der Waals surface area contributed by atoms with Crippen LogP contribution < -0.4 is 0 Å². The van der Waals surface area contributed by atoms with Crippen molar-refractivity contribution in [2.24, 2.45) is 5.92 Å². The fraction of sp³-hybridized carbons (Fsp3) is 0.700. The summed E-state index contributed by atoms with van der Waals surface area (Å²) in [4.78, 5) is 10.9. The molecule has 1 unspecified atom stereocenters. The van der Waals surface area contributed by atoms with Crippen molar-refractivity contribution >= 4 is 5.97 Å². The number of ether oxygens (including phenoxy) is 1. The van der Waals surface area contributed by atoms with Gasteiger partial charge in [-0.1, -0.05) is 12.1 Å².